The van der Waals surface area contributed by atoms with E-state index in [0.29, 0.717) is 0 Å². The van der Waals surface area contributed by atoms with E-state index in [1.54, 1.807) is 34.6 Å². The van der Waals surface area contributed by atoms with Gasteiger partial charge in [-0.1, -0.05) is 39.3 Å². The van der Waals surface area contributed by atoms with Gasteiger partial charge in [-0.05, 0) is 44.6 Å². The lowest BCUT2D eigenvalue weighted by molar-refractivity contribution is -0.149. The molecule has 0 aromatic carbocycles. The summed E-state index contributed by atoms with van der Waals surface area (Å²) in [6.45, 7) is 12.0. The average molecular weight is 422 g/mol. The predicted molar refractivity (Wildman–Crippen MR) is 104 cm³/mol. The monoisotopic (exact) mass is 421 g/mol. The standard InChI is InChI=1S/C20H30ClF2NO4/c1-10(2)9-12-13(17(25)28-19(5,6)7)15(16(22)23)24-20(21,11(3)4)14(12)18(26)27-8/h10-11,16,24H,9H2,1-8H3. The second-order valence-corrected chi connectivity index (χ2v) is 9.12. The molecule has 1 rings (SSSR count). The van der Waals surface area contributed by atoms with E-state index in [-0.39, 0.29) is 29.1 Å². The van der Waals surface area contributed by atoms with Gasteiger partial charge in [0, 0.05) is 0 Å². The fourth-order valence-electron chi connectivity index (χ4n) is 2.97. The maximum Gasteiger partial charge on any atom is 0.340 e. The maximum absolute atomic E-state index is 14.0. The summed E-state index contributed by atoms with van der Waals surface area (Å²) in [6, 6.07) is 0. The second kappa shape index (κ2) is 8.80. The van der Waals surface area contributed by atoms with Gasteiger partial charge in [0.05, 0.1) is 24.0 Å². The first-order valence-corrected chi connectivity index (χ1v) is 9.58. The number of hydrogen-bond acceptors (Lipinski definition) is 5. The van der Waals surface area contributed by atoms with Gasteiger partial charge in [-0.3, -0.25) is 0 Å². The first kappa shape index (κ1) is 24.4. The molecule has 28 heavy (non-hydrogen) atoms. The highest BCUT2D eigenvalue weighted by atomic mass is 35.5. The first-order chi connectivity index (χ1) is 12.7. The van der Waals surface area contributed by atoms with Crippen molar-refractivity contribution in [2.75, 3.05) is 7.11 Å². The smallest absolute Gasteiger partial charge is 0.340 e. The molecule has 0 aromatic rings. The summed E-state index contributed by atoms with van der Waals surface area (Å²) >= 11 is 6.68. The van der Waals surface area contributed by atoms with E-state index in [2.05, 4.69) is 5.32 Å². The summed E-state index contributed by atoms with van der Waals surface area (Å²) < 4.78 is 38.2. The van der Waals surface area contributed by atoms with Crippen molar-refractivity contribution in [1.29, 1.82) is 0 Å². The largest absolute Gasteiger partial charge is 0.466 e. The molecule has 0 saturated heterocycles. The Morgan fingerprint density at radius 2 is 1.68 bits per heavy atom. The summed E-state index contributed by atoms with van der Waals surface area (Å²) in [5.74, 6) is -2.22. The van der Waals surface area contributed by atoms with Gasteiger partial charge in [-0.2, -0.15) is 0 Å². The molecule has 5 nitrogen and oxygen atoms in total. The third-order valence-electron chi connectivity index (χ3n) is 4.17. The van der Waals surface area contributed by atoms with Crippen molar-refractivity contribution in [3.05, 3.63) is 22.4 Å². The normalized spacial score (nSPS) is 20.8. The molecular formula is C20H30ClF2NO4. The molecule has 0 saturated carbocycles. The van der Waals surface area contributed by atoms with Gasteiger partial charge < -0.3 is 14.8 Å². The molecule has 0 spiro atoms. The van der Waals surface area contributed by atoms with Gasteiger partial charge in [0.25, 0.3) is 6.43 Å². The number of ether oxygens (including phenoxy) is 2. The van der Waals surface area contributed by atoms with Crippen LogP contribution in [0.1, 0.15) is 54.9 Å². The molecule has 1 atom stereocenters. The van der Waals surface area contributed by atoms with Crippen molar-refractivity contribution in [3.8, 4) is 0 Å². The number of dihydropyridines is 1. The number of allylic oxidation sites excluding steroid dienone is 1. The SMILES string of the molecule is COC(=O)C1=C(CC(C)C)C(C(=O)OC(C)(C)C)=C(C(F)F)NC1(Cl)C(C)C. The molecule has 0 aliphatic carbocycles. The van der Waals surface area contributed by atoms with Crippen LogP contribution in [0.25, 0.3) is 0 Å². The van der Waals surface area contributed by atoms with Crippen LogP contribution in [0.15, 0.2) is 22.4 Å². The number of rotatable bonds is 6. The zero-order valence-corrected chi connectivity index (χ0v) is 18.5. The number of nitrogens with one attached hydrogen (secondary N) is 1. The van der Waals surface area contributed by atoms with Crippen LogP contribution in [0, 0.1) is 11.8 Å². The minimum absolute atomic E-state index is 0.0365. The van der Waals surface area contributed by atoms with Crippen molar-refractivity contribution in [1.82, 2.24) is 5.32 Å². The number of hydrogen-bond donors (Lipinski definition) is 1. The van der Waals surface area contributed by atoms with Gasteiger partial charge in [0.2, 0.25) is 0 Å². The Hall–Kier alpha value is -1.63. The maximum atomic E-state index is 14.0. The summed E-state index contributed by atoms with van der Waals surface area (Å²) in [5.41, 5.74) is -1.80. The number of carbonyl (C=O) groups is 2. The lowest BCUT2D eigenvalue weighted by Gasteiger charge is -2.41. The molecule has 1 aliphatic rings. The molecule has 8 heteroatoms. The third kappa shape index (κ3) is 5.25. The number of alkyl halides is 3. The zero-order chi connectivity index (χ0) is 22.0. The summed E-state index contributed by atoms with van der Waals surface area (Å²) in [7, 11) is 1.18. The van der Waals surface area contributed by atoms with Crippen LogP contribution >= 0.6 is 11.6 Å². The van der Waals surface area contributed by atoms with Crippen LogP contribution < -0.4 is 5.32 Å². The van der Waals surface area contributed by atoms with Gasteiger partial charge in [-0.15, -0.1) is 0 Å². The fraction of sp³-hybridized carbons (Fsp3) is 0.700. The van der Waals surface area contributed by atoms with Gasteiger partial charge in [0.1, 0.15) is 10.6 Å². The van der Waals surface area contributed by atoms with Crippen LogP contribution in [-0.2, 0) is 19.1 Å². The summed E-state index contributed by atoms with van der Waals surface area (Å²) in [6.07, 6.45) is -2.83. The Morgan fingerprint density at radius 1 is 1.14 bits per heavy atom. The van der Waals surface area contributed by atoms with Crippen molar-refractivity contribution < 1.29 is 27.8 Å². The van der Waals surface area contributed by atoms with Crippen LogP contribution in [0.2, 0.25) is 0 Å². The quantitative estimate of drug-likeness (QED) is 0.387. The van der Waals surface area contributed by atoms with Crippen molar-refractivity contribution >= 4 is 23.5 Å². The van der Waals surface area contributed by atoms with Crippen molar-refractivity contribution in [2.24, 2.45) is 11.8 Å². The number of carbonyl (C=O) groups excluding carboxylic acids is 2. The lowest BCUT2D eigenvalue weighted by Crippen LogP contribution is -2.53. The number of methoxy groups -OCH3 is 1. The second-order valence-electron chi connectivity index (χ2n) is 8.53. The van der Waals surface area contributed by atoms with E-state index in [0.717, 1.165) is 0 Å². The van der Waals surface area contributed by atoms with E-state index in [4.69, 9.17) is 21.1 Å². The molecule has 1 N–H and O–H groups in total. The highest BCUT2D eigenvalue weighted by Crippen LogP contribution is 2.44. The average Bonchev–Trinajstić information content (AvgIpc) is 2.51. The highest BCUT2D eigenvalue weighted by Gasteiger charge is 2.49. The minimum atomic E-state index is -3.01. The van der Waals surface area contributed by atoms with E-state index >= 15 is 0 Å². The van der Waals surface area contributed by atoms with E-state index in [1.807, 2.05) is 13.8 Å². The van der Waals surface area contributed by atoms with Gasteiger partial charge in [-0.25, -0.2) is 18.4 Å². The van der Waals surface area contributed by atoms with Gasteiger partial charge >= 0.3 is 11.9 Å². The Bertz CT molecular complexity index is 693. The number of esters is 2. The highest BCUT2D eigenvalue weighted by molar-refractivity contribution is 6.29. The molecule has 0 radical (unpaired) electrons. The predicted octanol–water partition coefficient (Wildman–Crippen LogP) is 4.56. The lowest BCUT2D eigenvalue weighted by atomic mass is 9.80. The van der Waals surface area contributed by atoms with Crippen LogP contribution in [-0.4, -0.2) is 36.1 Å². The molecule has 0 fully saturated rings. The zero-order valence-electron chi connectivity index (χ0n) is 17.7. The fourth-order valence-corrected chi connectivity index (χ4v) is 3.27. The van der Waals surface area contributed by atoms with Gasteiger partial charge in [0.15, 0.2) is 0 Å². The molecule has 160 valence electrons. The Morgan fingerprint density at radius 3 is 2.04 bits per heavy atom. The molecule has 1 heterocycles. The Labute approximate surface area is 170 Å². The van der Waals surface area contributed by atoms with E-state index in [9.17, 15) is 18.4 Å². The molecular weight excluding hydrogens is 392 g/mol. The number of halogens is 3. The molecule has 1 unspecified atom stereocenters. The van der Waals surface area contributed by atoms with Crippen LogP contribution in [0.4, 0.5) is 8.78 Å². The van der Waals surface area contributed by atoms with Crippen LogP contribution in [0.3, 0.4) is 0 Å². The molecule has 0 bridgehead atoms. The van der Waals surface area contributed by atoms with Crippen molar-refractivity contribution in [3.63, 3.8) is 0 Å². The van der Waals surface area contributed by atoms with E-state index in [1.165, 1.54) is 7.11 Å². The summed E-state index contributed by atoms with van der Waals surface area (Å²) in [5, 5.41) is 2.55. The Balaban J connectivity index is 3.89. The first-order valence-electron chi connectivity index (χ1n) is 9.20. The third-order valence-corrected chi connectivity index (χ3v) is 4.89. The molecule has 0 aromatic heterocycles. The molecule has 1 aliphatic heterocycles. The Kier molecular flexibility index (Phi) is 7.67. The van der Waals surface area contributed by atoms with Crippen LogP contribution in [0.5, 0.6) is 0 Å². The van der Waals surface area contributed by atoms with Crippen molar-refractivity contribution in [2.45, 2.75) is 71.9 Å². The topological polar surface area (TPSA) is 64.6 Å². The minimum Gasteiger partial charge on any atom is -0.466 e. The summed E-state index contributed by atoms with van der Waals surface area (Å²) in [4.78, 5) is 23.9. The van der Waals surface area contributed by atoms with E-state index < -0.39 is 40.6 Å². The molecule has 0 amide bonds.